The molecule has 6 heteroatoms. The van der Waals surface area contributed by atoms with Crippen LogP contribution < -0.4 is 0 Å². The number of ether oxygens (including phenoxy) is 1. The maximum atomic E-state index is 6.17. The van der Waals surface area contributed by atoms with Crippen molar-refractivity contribution in [3.05, 3.63) is 17.2 Å². The molecule has 2 heterocycles. The summed E-state index contributed by atoms with van der Waals surface area (Å²) < 4.78 is 7.69. The molecule has 0 N–H and O–H groups in total. The number of fused-ring (bicyclic) bond motifs is 1. The summed E-state index contributed by atoms with van der Waals surface area (Å²) in [5.41, 5.74) is 0.750. The topological polar surface area (TPSA) is 52.8 Å². The summed E-state index contributed by atoms with van der Waals surface area (Å²) in [6, 6.07) is 0. The van der Waals surface area contributed by atoms with Crippen molar-refractivity contribution in [2.24, 2.45) is 13.0 Å². The van der Waals surface area contributed by atoms with Gasteiger partial charge in [0.05, 0.1) is 17.7 Å². The Balaban J connectivity index is 1.75. The molecule has 0 aromatic carbocycles. The lowest BCUT2D eigenvalue weighted by Gasteiger charge is -2.28. The molecule has 1 aliphatic rings. The van der Waals surface area contributed by atoms with Gasteiger partial charge >= 0.3 is 0 Å². The van der Waals surface area contributed by atoms with Crippen LogP contribution in [0.4, 0.5) is 0 Å². The van der Waals surface area contributed by atoms with E-state index in [9.17, 15) is 0 Å². The van der Waals surface area contributed by atoms with Crippen LogP contribution in [0.1, 0.15) is 38.4 Å². The fraction of sp³-hybridized carbons (Fsp3) is 0.643. The number of hydrogen-bond acceptors (Lipinski definition) is 4. The van der Waals surface area contributed by atoms with Crippen LogP contribution >= 0.6 is 11.6 Å². The summed E-state index contributed by atoms with van der Waals surface area (Å²) in [6.45, 7) is 2.66. The minimum Gasteiger partial charge on any atom is -0.370 e. The molecular formula is C14H19ClN4O. The van der Waals surface area contributed by atoms with Gasteiger partial charge < -0.3 is 4.74 Å². The summed E-state index contributed by atoms with van der Waals surface area (Å²) in [7, 11) is 1.85. The van der Waals surface area contributed by atoms with E-state index in [2.05, 4.69) is 22.0 Å². The van der Waals surface area contributed by atoms with E-state index >= 15 is 0 Å². The molecule has 1 saturated carbocycles. The molecule has 0 saturated heterocycles. The van der Waals surface area contributed by atoms with Gasteiger partial charge in [0.1, 0.15) is 11.8 Å². The highest BCUT2D eigenvalue weighted by Gasteiger charge is 2.22. The quantitative estimate of drug-likeness (QED) is 0.816. The third-order valence-corrected chi connectivity index (χ3v) is 4.34. The minimum absolute atomic E-state index is 0.313. The predicted molar refractivity (Wildman–Crippen MR) is 77.5 cm³/mol. The number of aryl methyl sites for hydroxylation is 1. The molecule has 0 amide bonds. The van der Waals surface area contributed by atoms with E-state index < -0.39 is 0 Å². The highest BCUT2D eigenvalue weighted by Crippen LogP contribution is 2.27. The maximum absolute atomic E-state index is 6.17. The van der Waals surface area contributed by atoms with E-state index in [1.807, 2.05) is 7.05 Å². The van der Waals surface area contributed by atoms with E-state index in [0.717, 1.165) is 17.5 Å². The monoisotopic (exact) mass is 294 g/mol. The minimum atomic E-state index is 0.313. The summed E-state index contributed by atoms with van der Waals surface area (Å²) in [4.78, 5) is 8.79. The molecule has 2 aromatic heterocycles. The second kappa shape index (κ2) is 5.66. The zero-order valence-corrected chi connectivity index (χ0v) is 12.6. The highest BCUT2D eigenvalue weighted by atomic mass is 35.5. The SMILES string of the molecule is CC1CCCCC1OCc1nc(Cl)c2cnn(C)c2n1. The van der Waals surface area contributed by atoms with E-state index in [1.165, 1.54) is 19.3 Å². The first kappa shape index (κ1) is 13.8. The Kier molecular flexibility index (Phi) is 3.89. The molecule has 0 spiro atoms. The van der Waals surface area contributed by atoms with Gasteiger partial charge in [-0.25, -0.2) is 9.97 Å². The lowest BCUT2D eigenvalue weighted by molar-refractivity contribution is -0.0181. The average Bonchev–Trinajstić information content (AvgIpc) is 2.80. The standard InChI is InChI=1S/C14H19ClN4O/c1-9-5-3-4-6-11(9)20-8-12-17-13(15)10-7-16-19(2)14(10)18-12/h7,9,11H,3-6,8H2,1-2H3. The van der Waals surface area contributed by atoms with E-state index in [0.29, 0.717) is 29.6 Å². The second-order valence-electron chi connectivity index (χ2n) is 5.55. The summed E-state index contributed by atoms with van der Waals surface area (Å²) in [5, 5.41) is 5.37. The van der Waals surface area contributed by atoms with Gasteiger partial charge in [0.25, 0.3) is 0 Å². The Morgan fingerprint density at radius 3 is 2.95 bits per heavy atom. The van der Waals surface area contributed by atoms with Crippen LogP contribution in [-0.4, -0.2) is 25.9 Å². The highest BCUT2D eigenvalue weighted by molar-refractivity contribution is 6.33. The fourth-order valence-electron chi connectivity index (χ4n) is 2.81. The maximum Gasteiger partial charge on any atom is 0.162 e. The van der Waals surface area contributed by atoms with Crippen molar-refractivity contribution < 1.29 is 4.74 Å². The smallest absolute Gasteiger partial charge is 0.162 e. The lowest BCUT2D eigenvalue weighted by Crippen LogP contribution is -2.25. The van der Waals surface area contributed by atoms with Crippen LogP contribution in [0.5, 0.6) is 0 Å². The molecule has 2 unspecified atom stereocenters. The van der Waals surface area contributed by atoms with Crippen LogP contribution in [0, 0.1) is 5.92 Å². The van der Waals surface area contributed by atoms with Crippen molar-refractivity contribution in [3.63, 3.8) is 0 Å². The van der Waals surface area contributed by atoms with Gasteiger partial charge in [0, 0.05) is 7.05 Å². The van der Waals surface area contributed by atoms with Crippen LogP contribution in [0.3, 0.4) is 0 Å². The Labute approximate surface area is 123 Å². The van der Waals surface area contributed by atoms with Crippen molar-refractivity contribution in [3.8, 4) is 0 Å². The van der Waals surface area contributed by atoms with Crippen molar-refractivity contribution in [2.75, 3.05) is 0 Å². The molecule has 5 nitrogen and oxygen atoms in total. The number of halogens is 1. The molecular weight excluding hydrogens is 276 g/mol. The van der Waals surface area contributed by atoms with Gasteiger partial charge in [-0.05, 0) is 18.8 Å². The normalized spacial score (nSPS) is 23.4. The van der Waals surface area contributed by atoms with Gasteiger partial charge in [-0.2, -0.15) is 5.10 Å². The van der Waals surface area contributed by atoms with Gasteiger partial charge in [-0.1, -0.05) is 31.4 Å². The second-order valence-corrected chi connectivity index (χ2v) is 5.91. The molecule has 1 fully saturated rings. The summed E-state index contributed by atoms with van der Waals surface area (Å²) in [6.07, 6.45) is 6.93. The first-order chi connectivity index (χ1) is 9.65. The Hall–Kier alpha value is -1.20. The molecule has 0 aliphatic heterocycles. The van der Waals surface area contributed by atoms with Crippen LogP contribution in [0.25, 0.3) is 11.0 Å². The fourth-order valence-corrected chi connectivity index (χ4v) is 3.04. The van der Waals surface area contributed by atoms with E-state index in [1.54, 1.807) is 10.9 Å². The molecule has 2 aromatic rings. The molecule has 3 rings (SSSR count). The van der Waals surface area contributed by atoms with Crippen LogP contribution in [0.15, 0.2) is 6.20 Å². The van der Waals surface area contributed by atoms with Gasteiger partial charge in [0.15, 0.2) is 11.5 Å². The molecule has 1 aliphatic carbocycles. The molecule has 20 heavy (non-hydrogen) atoms. The number of rotatable bonds is 3. The lowest BCUT2D eigenvalue weighted by atomic mass is 9.88. The Morgan fingerprint density at radius 1 is 1.35 bits per heavy atom. The molecule has 108 valence electrons. The van der Waals surface area contributed by atoms with Crippen molar-refractivity contribution in [2.45, 2.75) is 45.3 Å². The third-order valence-electron chi connectivity index (χ3n) is 4.05. The summed E-state index contributed by atoms with van der Waals surface area (Å²) in [5.74, 6) is 1.24. The number of nitrogens with zero attached hydrogens (tertiary/aromatic N) is 4. The van der Waals surface area contributed by atoms with Crippen molar-refractivity contribution in [1.29, 1.82) is 0 Å². The molecule has 2 atom stereocenters. The number of aromatic nitrogens is 4. The average molecular weight is 295 g/mol. The van der Waals surface area contributed by atoms with Crippen LogP contribution in [-0.2, 0) is 18.4 Å². The molecule has 0 bridgehead atoms. The van der Waals surface area contributed by atoms with Gasteiger partial charge in [0.2, 0.25) is 0 Å². The zero-order chi connectivity index (χ0) is 14.1. The first-order valence-electron chi connectivity index (χ1n) is 7.11. The largest absolute Gasteiger partial charge is 0.370 e. The van der Waals surface area contributed by atoms with Crippen molar-refractivity contribution >= 4 is 22.6 Å². The third kappa shape index (κ3) is 2.65. The Bertz CT molecular complexity index is 612. The van der Waals surface area contributed by atoms with Gasteiger partial charge in [-0.3, -0.25) is 4.68 Å². The van der Waals surface area contributed by atoms with E-state index in [-0.39, 0.29) is 0 Å². The van der Waals surface area contributed by atoms with Crippen molar-refractivity contribution in [1.82, 2.24) is 19.7 Å². The summed E-state index contributed by atoms with van der Waals surface area (Å²) >= 11 is 6.17. The Morgan fingerprint density at radius 2 is 2.15 bits per heavy atom. The zero-order valence-electron chi connectivity index (χ0n) is 11.8. The van der Waals surface area contributed by atoms with E-state index in [4.69, 9.17) is 16.3 Å². The first-order valence-corrected chi connectivity index (χ1v) is 7.48. The molecule has 0 radical (unpaired) electrons. The van der Waals surface area contributed by atoms with Crippen LogP contribution in [0.2, 0.25) is 5.15 Å². The predicted octanol–water partition coefficient (Wildman–Crippen LogP) is 3.11. The van der Waals surface area contributed by atoms with Gasteiger partial charge in [-0.15, -0.1) is 0 Å². The number of hydrogen-bond donors (Lipinski definition) is 0.